The molecule has 116 valence electrons. The van der Waals surface area contributed by atoms with Gasteiger partial charge in [0.05, 0.1) is 11.8 Å². The Morgan fingerprint density at radius 3 is 2.00 bits per heavy atom. The van der Waals surface area contributed by atoms with Gasteiger partial charge in [0.15, 0.2) is 0 Å². The molecule has 19 heavy (non-hydrogen) atoms. The molecular formula is C14H32NO3P. The lowest BCUT2D eigenvalue weighted by atomic mass is 10.1. The molecule has 0 amide bonds. The molecular weight excluding hydrogens is 261 g/mol. The maximum Gasteiger partial charge on any atom is 0.333 e. The molecule has 5 heteroatoms. The summed E-state index contributed by atoms with van der Waals surface area (Å²) in [6, 6.07) is 0. The molecule has 0 aliphatic rings. The third-order valence-electron chi connectivity index (χ3n) is 2.84. The van der Waals surface area contributed by atoms with Crippen molar-refractivity contribution in [2.75, 3.05) is 13.2 Å². The molecule has 1 unspecified atom stereocenters. The fraction of sp³-hybridized carbons (Fsp3) is 1.00. The summed E-state index contributed by atoms with van der Waals surface area (Å²) >= 11 is 0. The van der Waals surface area contributed by atoms with E-state index >= 15 is 0 Å². The molecule has 4 nitrogen and oxygen atoms in total. The Bertz CT molecular complexity index is 292. The number of nitrogens with one attached hydrogen (secondary N) is 1. The van der Waals surface area contributed by atoms with Crippen molar-refractivity contribution >= 4 is 7.60 Å². The Hall–Kier alpha value is 0.110. The minimum absolute atomic E-state index is 0.180. The van der Waals surface area contributed by atoms with Crippen LogP contribution in [-0.2, 0) is 9.09 Å². The molecule has 0 saturated carbocycles. The highest BCUT2D eigenvalue weighted by atomic mass is 31.2. The summed E-state index contributed by atoms with van der Waals surface area (Å²) in [4.78, 5) is 9.70. The van der Waals surface area contributed by atoms with Gasteiger partial charge in [-0.1, -0.05) is 12.8 Å². The van der Waals surface area contributed by atoms with Crippen molar-refractivity contribution < 1.29 is 14.0 Å². The van der Waals surface area contributed by atoms with Gasteiger partial charge in [-0.3, -0.25) is 4.57 Å². The zero-order valence-corrected chi connectivity index (χ0v) is 14.3. The quantitative estimate of drug-likeness (QED) is 0.526. The van der Waals surface area contributed by atoms with E-state index in [1.54, 1.807) is 20.8 Å². The van der Waals surface area contributed by atoms with Gasteiger partial charge in [0.2, 0.25) is 0 Å². The second-order valence-corrected chi connectivity index (χ2v) is 9.76. The van der Waals surface area contributed by atoms with Crippen LogP contribution in [0.1, 0.15) is 67.2 Å². The van der Waals surface area contributed by atoms with Gasteiger partial charge in [0, 0.05) is 5.54 Å². The Morgan fingerprint density at radius 1 is 1.00 bits per heavy atom. The Morgan fingerprint density at radius 2 is 1.53 bits per heavy atom. The van der Waals surface area contributed by atoms with Gasteiger partial charge in [-0.2, -0.15) is 0 Å². The van der Waals surface area contributed by atoms with Gasteiger partial charge in [-0.15, -0.1) is 0 Å². The predicted octanol–water partition coefficient (Wildman–Crippen LogP) is 3.94. The van der Waals surface area contributed by atoms with Crippen molar-refractivity contribution in [2.45, 2.75) is 77.9 Å². The standard InChI is InChI=1S/C14H32NO3P/c1-13(2,3)15-11-9-7-8-10-12-18-19(16,17)14(4,5)6/h15H,7-12H2,1-6H3,(H,16,17). The second-order valence-electron chi connectivity index (χ2n) is 7.12. The lowest BCUT2D eigenvalue weighted by Crippen LogP contribution is -2.36. The van der Waals surface area contributed by atoms with E-state index in [2.05, 4.69) is 26.1 Å². The summed E-state index contributed by atoms with van der Waals surface area (Å²) in [7, 11) is -3.47. The summed E-state index contributed by atoms with van der Waals surface area (Å²) in [6.07, 6.45) is 4.14. The highest BCUT2D eigenvalue weighted by Gasteiger charge is 2.35. The van der Waals surface area contributed by atoms with Crippen LogP contribution in [0.5, 0.6) is 0 Å². The van der Waals surface area contributed by atoms with Crippen molar-refractivity contribution in [3.8, 4) is 0 Å². The van der Waals surface area contributed by atoms with E-state index in [1.807, 2.05) is 0 Å². The lowest BCUT2D eigenvalue weighted by Gasteiger charge is -2.25. The molecule has 1 atom stereocenters. The third kappa shape index (κ3) is 9.61. The first-order chi connectivity index (χ1) is 8.46. The third-order valence-corrected chi connectivity index (χ3v) is 5.07. The van der Waals surface area contributed by atoms with Crippen LogP contribution in [0.25, 0.3) is 0 Å². The smallest absolute Gasteiger partial charge is 0.324 e. The lowest BCUT2D eigenvalue weighted by molar-refractivity contribution is 0.235. The van der Waals surface area contributed by atoms with Crippen molar-refractivity contribution in [3.63, 3.8) is 0 Å². The van der Waals surface area contributed by atoms with Gasteiger partial charge < -0.3 is 14.7 Å². The van der Waals surface area contributed by atoms with Gasteiger partial charge in [-0.25, -0.2) is 0 Å². The van der Waals surface area contributed by atoms with Crippen LogP contribution in [0, 0.1) is 0 Å². The first-order valence-electron chi connectivity index (χ1n) is 7.18. The SMILES string of the molecule is CC(C)(C)NCCCCCCOP(=O)(O)C(C)(C)C. The zero-order chi connectivity index (χ0) is 15.2. The van der Waals surface area contributed by atoms with E-state index in [1.165, 1.54) is 0 Å². The van der Waals surface area contributed by atoms with Crippen LogP contribution in [-0.4, -0.2) is 28.7 Å². The highest BCUT2D eigenvalue weighted by molar-refractivity contribution is 7.54. The fourth-order valence-electron chi connectivity index (χ4n) is 1.43. The van der Waals surface area contributed by atoms with Crippen molar-refractivity contribution in [2.24, 2.45) is 0 Å². The van der Waals surface area contributed by atoms with Crippen LogP contribution in [0.3, 0.4) is 0 Å². The van der Waals surface area contributed by atoms with Crippen molar-refractivity contribution in [1.29, 1.82) is 0 Å². The monoisotopic (exact) mass is 293 g/mol. The van der Waals surface area contributed by atoms with Crippen LogP contribution < -0.4 is 5.32 Å². The Balaban J connectivity index is 3.55. The summed E-state index contributed by atoms with van der Waals surface area (Å²) < 4.78 is 17.0. The van der Waals surface area contributed by atoms with Gasteiger partial charge in [0.25, 0.3) is 0 Å². The van der Waals surface area contributed by atoms with E-state index in [-0.39, 0.29) is 5.54 Å². The minimum Gasteiger partial charge on any atom is -0.324 e. The molecule has 0 radical (unpaired) electrons. The average molecular weight is 293 g/mol. The summed E-state index contributed by atoms with van der Waals surface area (Å²) in [6.45, 7) is 13.1. The number of hydrogen-bond acceptors (Lipinski definition) is 3. The largest absolute Gasteiger partial charge is 0.333 e. The topological polar surface area (TPSA) is 58.6 Å². The average Bonchev–Trinajstić information content (AvgIpc) is 2.18. The van der Waals surface area contributed by atoms with E-state index in [4.69, 9.17) is 4.52 Å². The minimum atomic E-state index is -3.47. The maximum atomic E-state index is 11.8. The van der Waals surface area contributed by atoms with Crippen molar-refractivity contribution in [1.82, 2.24) is 5.32 Å². The Kier molecular flexibility index (Phi) is 7.82. The van der Waals surface area contributed by atoms with Crippen LogP contribution in [0.15, 0.2) is 0 Å². The Labute approximate surface area is 118 Å². The molecule has 2 N–H and O–H groups in total. The van der Waals surface area contributed by atoms with E-state index in [0.29, 0.717) is 6.61 Å². The molecule has 0 aliphatic carbocycles. The van der Waals surface area contributed by atoms with Crippen LogP contribution in [0.4, 0.5) is 0 Å². The summed E-state index contributed by atoms with van der Waals surface area (Å²) in [5, 5.41) is 2.75. The normalized spacial score (nSPS) is 16.4. The molecule has 0 heterocycles. The summed E-state index contributed by atoms with van der Waals surface area (Å²) in [5.41, 5.74) is 0.180. The molecule has 0 aromatic heterocycles. The van der Waals surface area contributed by atoms with Gasteiger partial charge in [0.1, 0.15) is 0 Å². The van der Waals surface area contributed by atoms with Crippen molar-refractivity contribution in [3.05, 3.63) is 0 Å². The molecule has 0 fully saturated rings. The van der Waals surface area contributed by atoms with Gasteiger partial charge >= 0.3 is 7.60 Å². The molecule has 0 aliphatic heterocycles. The zero-order valence-electron chi connectivity index (χ0n) is 13.5. The first-order valence-corrected chi connectivity index (χ1v) is 8.76. The van der Waals surface area contributed by atoms with E-state index in [9.17, 15) is 9.46 Å². The van der Waals surface area contributed by atoms with Gasteiger partial charge in [-0.05, 0) is 60.9 Å². The maximum absolute atomic E-state index is 11.8. The number of hydrogen-bond donors (Lipinski definition) is 2. The first kappa shape index (κ1) is 19.1. The predicted molar refractivity (Wildman–Crippen MR) is 81.8 cm³/mol. The fourth-order valence-corrected chi connectivity index (χ4v) is 2.19. The highest BCUT2D eigenvalue weighted by Crippen LogP contribution is 2.54. The van der Waals surface area contributed by atoms with Crippen LogP contribution >= 0.6 is 7.60 Å². The van der Waals surface area contributed by atoms with Crippen LogP contribution in [0.2, 0.25) is 0 Å². The molecule has 0 spiro atoms. The number of rotatable bonds is 8. The molecule has 0 bridgehead atoms. The van der Waals surface area contributed by atoms with E-state index < -0.39 is 12.8 Å². The van der Waals surface area contributed by atoms with E-state index in [0.717, 1.165) is 32.2 Å². The summed E-state index contributed by atoms with van der Waals surface area (Å²) in [5.74, 6) is 0. The molecule has 0 aromatic rings. The second kappa shape index (κ2) is 7.78. The molecule has 0 saturated heterocycles. The molecule has 0 rings (SSSR count). The number of unbranched alkanes of at least 4 members (excludes halogenated alkanes) is 3. The molecule has 0 aromatic carbocycles.